The number of carbonyl (C=O) groups excluding carboxylic acids is 1. The molecule has 0 spiro atoms. The van der Waals surface area contributed by atoms with Gasteiger partial charge in [-0.25, -0.2) is 9.18 Å². The lowest BCUT2D eigenvalue weighted by Gasteiger charge is -2.34. The van der Waals surface area contributed by atoms with Gasteiger partial charge in [-0.3, -0.25) is 0 Å². The van der Waals surface area contributed by atoms with Crippen LogP contribution in [0.15, 0.2) is 24.3 Å². The summed E-state index contributed by atoms with van der Waals surface area (Å²) in [7, 11) is 1.71. The van der Waals surface area contributed by atoms with E-state index in [2.05, 4.69) is 10.6 Å². The lowest BCUT2D eigenvalue weighted by molar-refractivity contribution is 0.00241. The predicted octanol–water partition coefficient (Wildman–Crippen LogP) is 2.61. The first-order valence-corrected chi connectivity index (χ1v) is 6.91. The van der Waals surface area contributed by atoms with Gasteiger partial charge in [-0.1, -0.05) is 12.1 Å². The molecule has 0 unspecified atom stereocenters. The van der Waals surface area contributed by atoms with Gasteiger partial charge in [0.05, 0.1) is 12.1 Å². The van der Waals surface area contributed by atoms with Gasteiger partial charge in [-0.2, -0.15) is 0 Å². The number of hydrogen-bond donors (Lipinski definition) is 2. The third-order valence-electron chi connectivity index (χ3n) is 3.79. The molecule has 2 amide bonds. The van der Waals surface area contributed by atoms with Gasteiger partial charge in [0, 0.05) is 13.7 Å². The zero-order chi connectivity index (χ0) is 14.5. The van der Waals surface area contributed by atoms with E-state index >= 15 is 0 Å². The van der Waals surface area contributed by atoms with E-state index in [4.69, 9.17) is 4.74 Å². The van der Waals surface area contributed by atoms with Gasteiger partial charge in [0.2, 0.25) is 0 Å². The average Bonchev–Trinajstić information content (AvgIpc) is 2.37. The third kappa shape index (κ3) is 3.93. The fraction of sp³-hybridized carbons (Fsp3) is 0.533. The van der Waals surface area contributed by atoms with Crippen LogP contribution in [0.4, 0.5) is 9.18 Å². The Bertz CT molecular complexity index is 444. The molecule has 0 aliphatic heterocycles. The lowest BCUT2D eigenvalue weighted by atomic mass is 9.82. The molecule has 0 heterocycles. The second-order valence-corrected chi connectivity index (χ2v) is 5.32. The standard InChI is InChI=1S/C15H21FN2O2/c1-10(12-3-5-13(16)6-4-12)18-15(19)17-9-11-7-14(8-11)20-2/h3-6,10-11,14H,7-9H2,1-2H3,(H2,17,18,19)/t10-,11?,14?/m1/s1. The molecule has 2 rings (SSSR count). The van der Waals surface area contributed by atoms with Crippen molar-refractivity contribution < 1.29 is 13.9 Å². The highest BCUT2D eigenvalue weighted by Gasteiger charge is 2.28. The van der Waals surface area contributed by atoms with Gasteiger partial charge in [0.1, 0.15) is 5.82 Å². The molecule has 0 aromatic heterocycles. The fourth-order valence-electron chi connectivity index (χ4n) is 2.35. The summed E-state index contributed by atoms with van der Waals surface area (Å²) in [6.07, 6.45) is 2.36. The molecule has 1 atom stereocenters. The number of ether oxygens (including phenoxy) is 1. The number of halogens is 1. The van der Waals surface area contributed by atoms with E-state index < -0.39 is 0 Å². The largest absolute Gasteiger partial charge is 0.381 e. The number of carbonyl (C=O) groups is 1. The predicted molar refractivity (Wildman–Crippen MR) is 74.9 cm³/mol. The molecule has 5 heteroatoms. The number of benzene rings is 1. The highest BCUT2D eigenvalue weighted by molar-refractivity contribution is 5.74. The quantitative estimate of drug-likeness (QED) is 0.871. The van der Waals surface area contributed by atoms with E-state index in [1.165, 1.54) is 12.1 Å². The van der Waals surface area contributed by atoms with E-state index in [0.29, 0.717) is 18.6 Å². The number of hydrogen-bond acceptors (Lipinski definition) is 2. The number of urea groups is 1. The van der Waals surface area contributed by atoms with E-state index in [1.807, 2.05) is 6.92 Å². The number of methoxy groups -OCH3 is 1. The van der Waals surface area contributed by atoms with Gasteiger partial charge in [0.25, 0.3) is 0 Å². The Morgan fingerprint density at radius 2 is 2.05 bits per heavy atom. The molecule has 1 aliphatic carbocycles. The van der Waals surface area contributed by atoms with Crippen LogP contribution in [0, 0.1) is 11.7 Å². The Hall–Kier alpha value is -1.62. The molecule has 1 aromatic rings. The summed E-state index contributed by atoms with van der Waals surface area (Å²) < 4.78 is 18.0. The zero-order valence-electron chi connectivity index (χ0n) is 11.9. The molecule has 110 valence electrons. The number of amides is 2. The summed E-state index contributed by atoms with van der Waals surface area (Å²) in [4.78, 5) is 11.8. The fourth-order valence-corrected chi connectivity index (χ4v) is 2.35. The summed E-state index contributed by atoms with van der Waals surface area (Å²) in [6.45, 7) is 2.54. The van der Waals surface area contributed by atoms with Crippen LogP contribution >= 0.6 is 0 Å². The van der Waals surface area contributed by atoms with E-state index in [9.17, 15) is 9.18 Å². The van der Waals surface area contributed by atoms with Crippen LogP contribution < -0.4 is 10.6 Å². The van der Waals surface area contributed by atoms with Crippen LogP contribution in [-0.4, -0.2) is 25.8 Å². The Kier molecular flexibility index (Phi) is 4.95. The monoisotopic (exact) mass is 280 g/mol. The highest BCUT2D eigenvalue weighted by atomic mass is 19.1. The first-order chi connectivity index (χ1) is 9.58. The Morgan fingerprint density at radius 3 is 2.65 bits per heavy atom. The molecule has 0 saturated heterocycles. The smallest absolute Gasteiger partial charge is 0.315 e. The first-order valence-electron chi connectivity index (χ1n) is 6.91. The van der Waals surface area contributed by atoms with Crippen molar-refractivity contribution in [2.24, 2.45) is 5.92 Å². The summed E-state index contributed by atoms with van der Waals surface area (Å²) in [5.41, 5.74) is 0.879. The molecular formula is C15H21FN2O2. The molecule has 0 radical (unpaired) electrons. The van der Waals surface area contributed by atoms with Crippen LogP contribution in [0.25, 0.3) is 0 Å². The third-order valence-corrected chi connectivity index (χ3v) is 3.79. The SMILES string of the molecule is COC1CC(CNC(=O)N[C@H](C)c2ccc(F)cc2)C1. The highest BCUT2D eigenvalue weighted by Crippen LogP contribution is 2.28. The van der Waals surface area contributed by atoms with Gasteiger partial charge < -0.3 is 15.4 Å². The molecule has 1 aliphatic rings. The number of rotatable bonds is 5. The topological polar surface area (TPSA) is 50.4 Å². The average molecular weight is 280 g/mol. The maximum absolute atomic E-state index is 12.8. The maximum Gasteiger partial charge on any atom is 0.315 e. The Labute approximate surface area is 118 Å². The molecule has 4 nitrogen and oxygen atoms in total. The molecule has 1 saturated carbocycles. The van der Waals surface area contributed by atoms with E-state index in [0.717, 1.165) is 18.4 Å². The van der Waals surface area contributed by atoms with Crippen molar-refractivity contribution >= 4 is 6.03 Å². The van der Waals surface area contributed by atoms with Gasteiger partial charge >= 0.3 is 6.03 Å². The van der Waals surface area contributed by atoms with Crippen LogP contribution in [0.3, 0.4) is 0 Å². The minimum atomic E-state index is -0.275. The molecular weight excluding hydrogens is 259 g/mol. The van der Waals surface area contributed by atoms with Gasteiger partial charge in [-0.05, 0) is 43.4 Å². The van der Waals surface area contributed by atoms with E-state index in [1.54, 1.807) is 19.2 Å². The van der Waals surface area contributed by atoms with Crippen molar-refractivity contribution in [3.63, 3.8) is 0 Å². The van der Waals surface area contributed by atoms with Crippen molar-refractivity contribution in [2.75, 3.05) is 13.7 Å². The molecule has 1 aromatic carbocycles. The second-order valence-electron chi connectivity index (χ2n) is 5.32. The second kappa shape index (κ2) is 6.70. The van der Waals surface area contributed by atoms with Crippen molar-refractivity contribution in [1.82, 2.24) is 10.6 Å². The first kappa shape index (κ1) is 14.8. The van der Waals surface area contributed by atoms with Gasteiger partial charge in [-0.15, -0.1) is 0 Å². The van der Waals surface area contributed by atoms with Crippen LogP contribution in [-0.2, 0) is 4.74 Å². The van der Waals surface area contributed by atoms with Crippen molar-refractivity contribution in [3.05, 3.63) is 35.6 Å². The maximum atomic E-state index is 12.8. The summed E-state index contributed by atoms with van der Waals surface area (Å²) in [6, 6.07) is 5.80. The molecule has 0 bridgehead atoms. The van der Waals surface area contributed by atoms with Crippen molar-refractivity contribution in [3.8, 4) is 0 Å². The summed E-state index contributed by atoms with van der Waals surface area (Å²) in [5, 5.41) is 5.70. The van der Waals surface area contributed by atoms with Crippen LogP contribution in [0.1, 0.15) is 31.4 Å². The molecule has 2 N–H and O–H groups in total. The Morgan fingerprint density at radius 1 is 1.40 bits per heavy atom. The van der Waals surface area contributed by atoms with Crippen LogP contribution in [0.5, 0.6) is 0 Å². The van der Waals surface area contributed by atoms with E-state index in [-0.39, 0.29) is 17.9 Å². The zero-order valence-corrected chi connectivity index (χ0v) is 11.9. The molecule has 20 heavy (non-hydrogen) atoms. The molecule has 1 fully saturated rings. The lowest BCUT2D eigenvalue weighted by Crippen LogP contribution is -2.43. The van der Waals surface area contributed by atoms with Crippen molar-refractivity contribution in [1.29, 1.82) is 0 Å². The van der Waals surface area contributed by atoms with Crippen LogP contribution in [0.2, 0.25) is 0 Å². The minimum absolute atomic E-state index is 0.149. The summed E-state index contributed by atoms with van der Waals surface area (Å²) in [5.74, 6) is 0.231. The minimum Gasteiger partial charge on any atom is -0.381 e. The summed E-state index contributed by atoms with van der Waals surface area (Å²) >= 11 is 0. The van der Waals surface area contributed by atoms with Gasteiger partial charge in [0.15, 0.2) is 0 Å². The number of nitrogens with one attached hydrogen (secondary N) is 2. The van der Waals surface area contributed by atoms with Crippen molar-refractivity contribution in [2.45, 2.75) is 31.9 Å². The Balaban J connectivity index is 1.70. The normalized spacial score (nSPS) is 22.8.